The molecule has 24 heavy (non-hydrogen) atoms. The summed E-state index contributed by atoms with van der Waals surface area (Å²) >= 11 is 0. The van der Waals surface area contributed by atoms with Gasteiger partial charge in [-0.3, -0.25) is 0 Å². The van der Waals surface area contributed by atoms with Crippen LogP contribution in [0.15, 0.2) is 54.6 Å². The summed E-state index contributed by atoms with van der Waals surface area (Å²) in [6.45, 7) is 2.36. The number of hydrogen-bond acceptors (Lipinski definition) is 1. The van der Waals surface area contributed by atoms with Gasteiger partial charge in [0, 0.05) is 5.92 Å². The summed E-state index contributed by atoms with van der Waals surface area (Å²) < 4.78 is 0. The zero-order valence-corrected chi connectivity index (χ0v) is 14.7. The monoisotopic (exact) mass is 320 g/mol. The third kappa shape index (κ3) is 3.79. The molecule has 1 atom stereocenters. The van der Waals surface area contributed by atoms with Crippen LogP contribution in [0.25, 0.3) is 0 Å². The maximum atomic E-state index is 9.27. The number of fused-ring (bicyclic) bond motifs is 2. The van der Waals surface area contributed by atoms with Crippen LogP contribution < -0.4 is 0 Å². The average molecular weight is 320 g/mol. The molecule has 0 aliphatic heterocycles. The van der Waals surface area contributed by atoms with E-state index in [2.05, 4.69) is 55.5 Å². The molecule has 0 spiro atoms. The van der Waals surface area contributed by atoms with Crippen molar-refractivity contribution < 1.29 is 5.11 Å². The molecule has 0 aromatic heterocycles. The third-order valence-electron chi connectivity index (χ3n) is 5.10. The van der Waals surface area contributed by atoms with E-state index in [1.165, 1.54) is 53.5 Å². The first-order chi connectivity index (χ1) is 11.8. The van der Waals surface area contributed by atoms with Gasteiger partial charge in [0.1, 0.15) is 0 Å². The van der Waals surface area contributed by atoms with E-state index < -0.39 is 0 Å². The lowest BCUT2D eigenvalue weighted by Crippen LogP contribution is -2.02. The van der Waals surface area contributed by atoms with Crippen LogP contribution in [-0.4, -0.2) is 11.7 Å². The molecule has 1 N–H and O–H groups in total. The van der Waals surface area contributed by atoms with Gasteiger partial charge in [0.2, 0.25) is 0 Å². The topological polar surface area (TPSA) is 20.2 Å². The van der Waals surface area contributed by atoms with Crippen LogP contribution in [0.5, 0.6) is 0 Å². The largest absolute Gasteiger partial charge is 0.392 e. The van der Waals surface area contributed by atoms with E-state index in [1.54, 1.807) is 0 Å². The molecule has 1 aliphatic carbocycles. The highest BCUT2D eigenvalue weighted by atomic mass is 16.2. The van der Waals surface area contributed by atoms with Crippen molar-refractivity contribution in [3.05, 3.63) is 82.4 Å². The van der Waals surface area contributed by atoms with E-state index in [0.717, 1.165) is 12.8 Å². The number of unbranched alkanes of at least 4 members (excludes halogenated alkanes) is 2. The molecule has 0 amide bonds. The van der Waals surface area contributed by atoms with Crippen molar-refractivity contribution in [2.45, 2.75) is 51.4 Å². The van der Waals surface area contributed by atoms with Gasteiger partial charge in [-0.05, 0) is 53.5 Å². The molecule has 126 valence electrons. The Morgan fingerprint density at radius 3 is 2.58 bits per heavy atom. The highest BCUT2D eigenvalue weighted by Crippen LogP contribution is 2.36. The van der Waals surface area contributed by atoms with Crippen LogP contribution in [0, 0.1) is 0 Å². The number of benzene rings is 2. The van der Waals surface area contributed by atoms with Crippen LogP contribution in [0.3, 0.4) is 0 Å². The molecule has 1 aliphatic rings. The third-order valence-corrected chi connectivity index (χ3v) is 5.10. The molecule has 1 unspecified atom stereocenters. The standard InChI is InChI=1S/C23H28O/c1-2-3-4-8-18-12-13-20-15-14-19-9-5-6-10-21(19)22(11-7-16-24)23(20)17-18/h5-7,9-13,17,22,24H,2-4,8,14-16H2,1H3/b11-7+. The van der Waals surface area contributed by atoms with Gasteiger partial charge in [0.25, 0.3) is 0 Å². The molecule has 2 aromatic carbocycles. The minimum absolute atomic E-state index is 0.101. The van der Waals surface area contributed by atoms with Gasteiger partial charge >= 0.3 is 0 Å². The van der Waals surface area contributed by atoms with E-state index >= 15 is 0 Å². The van der Waals surface area contributed by atoms with Crippen molar-refractivity contribution >= 4 is 0 Å². The van der Waals surface area contributed by atoms with E-state index in [-0.39, 0.29) is 12.5 Å². The predicted molar refractivity (Wildman–Crippen MR) is 102 cm³/mol. The zero-order chi connectivity index (χ0) is 16.8. The second-order valence-electron chi connectivity index (χ2n) is 6.78. The summed E-state index contributed by atoms with van der Waals surface area (Å²) in [5.41, 5.74) is 7.17. The molecule has 1 nitrogen and oxygen atoms in total. The van der Waals surface area contributed by atoms with E-state index in [1.807, 2.05) is 6.08 Å². The van der Waals surface area contributed by atoms with Gasteiger partial charge in [-0.25, -0.2) is 0 Å². The highest BCUT2D eigenvalue weighted by molar-refractivity contribution is 5.49. The number of hydrogen-bond donors (Lipinski definition) is 1. The highest BCUT2D eigenvalue weighted by Gasteiger charge is 2.21. The fourth-order valence-electron chi connectivity index (χ4n) is 3.80. The summed E-state index contributed by atoms with van der Waals surface area (Å²) in [6, 6.07) is 15.8. The molecule has 0 fully saturated rings. The molecular formula is C23H28O. The minimum Gasteiger partial charge on any atom is -0.392 e. The van der Waals surface area contributed by atoms with Crippen LogP contribution in [-0.2, 0) is 19.3 Å². The predicted octanol–water partition coefficient (Wildman–Crippen LogP) is 5.20. The molecule has 1 heteroatoms. The first kappa shape index (κ1) is 17.0. The van der Waals surface area contributed by atoms with E-state index in [0.29, 0.717) is 0 Å². The maximum Gasteiger partial charge on any atom is 0.0612 e. The van der Waals surface area contributed by atoms with Crippen molar-refractivity contribution in [2.75, 3.05) is 6.61 Å². The smallest absolute Gasteiger partial charge is 0.0612 e. The van der Waals surface area contributed by atoms with Crippen LogP contribution >= 0.6 is 0 Å². The lowest BCUT2D eigenvalue weighted by atomic mass is 9.86. The Kier molecular flexibility index (Phi) is 5.87. The Hall–Kier alpha value is -1.86. The average Bonchev–Trinajstić information content (AvgIpc) is 2.77. The summed E-state index contributed by atoms with van der Waals surface area (Å²) in [5, 5.41) is 9.27. The van der Waals surface area contributed by atoms with E-state index in [9.17, 15) is 5.11 Å². The molecule has 2 aromatic rings. The second-order valence-corrected chi connectivity index (χ2v) is 6.78. The summed E-state index contributed by atoms with van der Waals surface area (Å²) in [4.78, 5) is 0. The Balaban J connectivity index is 2.00. The van der Waals surface area contributed by atoms with Gasteiger partial charge in [0.15, 0.2) is 0 Å². The first-order valence-electron chi connectivity index (χ1n) is 9.30. The molecular weight excluding hydrogens is 292 g/mol. The summed E-state index contributed by atoms with van der Waals surface area (Å²) in [6.07, 6.45) is 11.3. The van der Waals surface area contributed by atoms with Crippen molar-refractivity contribution in [2.24, 2.45) is 0 Å². The Morgan fingerprint density at radius 1 is 1.00 bits per heavy atom. The number of aliphatic hydroxyl groups excluding tert-OH is 1. The van der Waals surface area contributed by atoms with Crippen molar-refractivity contribution in [1.29, 1.82) is 0 Å². The van der Waals surface area contributed by atoms with Gasteiger partial charge in [-0.2, -0.15) is 0 Å². The number of rotatable bonds is 6. The fraction of sp³-hybridized carbons (Fsp3) is 0.391. The minimum atomic E-state index is 0.101. The molecule has 0 radical (unpaired) electrons. The SMILES string of the molecule is CCCCCc1ccc2c(c1)C(/C=C/CO)c1ccccc1CC2. The lowest BCUT2D eigenvalue weighted by Gasteiger charge is -2.18. The number of aliphatic hydroxyl groups is 1. The van der Waals surface area contributed by atoms with Crippen molar-refractivity contribution in [1.82, 2.24) is 0 Å². The van der Waals surface area contributed by atoms with Gasteiger partial charge in [0.05, 0.1) is 6.61 Å². The molecule has 3 rings (SSSR count). The van der Waals surface area contributed by atoms with Crippen molar-refractivity contribution in [3.63, 3.8) is 0 Å². The zero-order valence-electron chi connectivity index (χ0n) is 14.7. The molecule has 0 saturated carbocycles. The maximum absolute atomic E-state index is 9.27. The fourth-order valence-corrected chi connectivity index (χ4v) is 3.80. The molecule has 0 saturated heterocycles. The van der Waals surface area contributed by atoms with E-state index in [4.69, 9.17) is 0 Å². The Morgan fingerprint density at radius 2 is 1.79 bits per heavy atom. The lowest BCUT2D eigenvalue weighted by molar-refractivity contribution is 0.342. The molecule has 0 bridgehead atoms. The summed E-state index contributed by atoms with van der Waals surface area (Å²) in [7, 11) is 0. The second kappa shape index (κ2) is 8.30. The quantitative estimate of drug-likeness (QED) is 0.573. The normalized spacial score (nSPS) is 16.7. The Bertz CT molecular complexity index is 699. The number of allylic oxidation sites excluding steroid dienone is 1. The van der Waals surface area contributed by atoms with Crippen LogP contribution in [0.2, 0.25) is 0 Å². The first-order valence-corrected chi connectivity index (χ1v) is 9.30. The summed E-state index contributed by atoms with van der Waals surface area (Å²) in [5.74, 6) is 0.261. The van der Waals surface area contributed by atoms with Gasteiger partial charge < -0.3 is 5.11 Å². The van der Waals surface area contributed by atoms with Crippen molar-refractivity contribution in [3.8, 4) is 0 Å². The molecule has 0 heterocycles. The number of aryl methyl sites for hydroxylation is 3. The van der Waals surface area contributed by atoms with Crippen LogP contribution in [0.1, 0.15) is 59.9 Å². The van der Waals surface area contributed by atoms with Gasteiger partial charge in [-0.15, -0.1) is 0 Å². The Labute approximate surface area is 146 Å². The van der Waals surface area contributed by atoms with Gasteiger partial charge in [-0.1, -0.05) is 74.4 Å². The van der Waals surface area contributed by atoms with Crippen LogP contribution in [0.4, 0.5) is 0 Å².